The molecule has 0 N–H and O–H groups in total. The van der Waals surface area contributed by atoms with E-state index in [1.807, 2.05) is 24.3 Å². The lowest BCUT2D eigenvalue weighted by atomic mass is 9.92. The van der Waals surface area contributed by atoms with Gasteiger partial charge < -0.3 is 14.2 Å². The largest absolute Gasteiger partial charge is 0.493 e. The highest BCUT2D eigenvalue weighted by molar-refractivity contribution is 6.11. The Kier molecular flexibility index (Phi) is 6.47. The molecule has 0 fully saturated rings. The maximum absolute atomic E-state index is 13.5. The first-order valence-corrected chi connectivity index (χ1v) is 9.36. The van der Waals surface area contributed by atoms with Gasteiger partial charge in [0, 0.05) is 29.9 Å². The average molecular weight is 405 g/mol. The van der Waals surface area contributed by atoms with Gasteiger partial charge in [0.1, 0.15) is 5.78 Å². The van der Waals surface area contributed by atoms with Gasteiger partial charge in [0.05, 0.1) is 21.3 Å². The van der Waals surface area contributed by atoms with E-state index in [1.165, 1.54) is 28.3 Å². The SMILES string of the molecule is COc1cc(C(=O)c2cc(-c3ccncc3)ccc2CC(C)=O)cc(OC)c1OC. The topological polar surface area (TPSA) is 74.7 Å². The van der Waals surface area contributed by atoms with Crippen molar-refractivity contribution in [3.05, 3.63) is 71.5 Å². The number of ketones is 2. The molecule has 0 aliphatic rings. The van der Waals surface area contributed by atoms with E-state index in [0.29, 0.717) is 33.9 Å². The van der Waals surface area contributed by atoms with Crippen LogP contribution in [-0.2, 0) is 11.2 Å². The standard InChI is InChI=1S/C24H23NO5/c1-15(26)11-18-6-5-17(16-7-9-25-10-8-16)12-20(18)23(27)19-13-21(28-2)24(30-4)22(14-19)29-3/h5-10,12-14H,11H2,1-4H3. The van der Waals surface area contributed by atoms with E-state index in [0.717, 1.165) is 11.1 Å². The van der Waals surface area contributed by atoms with E-state index in [-0.39, 0.29) is 18.0 Å². The summed E-state index contributed by atoms with van der Waals surface area (Å²) in [6.07, 6.45) is 3.56. The number of Topliss-reactive ketones (excluding diaryl/α,β-unsaturated/α-hetero) is 1. The van der Waals surface area contributed by atoms with Crippen LogP contribution in [-0.4, -0.2) is 37.9 Å². The van der Waals surface area contributed by atoms with Crippen LogP contribution in [0, 0.1) is 0 Å². The van der Waals surface area contributed by atoms with Crippen LogP contribution in [0.2, 0.25) is 0 Å². The average Bonchev–Trinajstić information content (AvgIpc) is 2.78. The van der Waals surface area contributed by atoms with Gasteiger partial charge in [0.15, 0.2) is 17.3 Å². The van der Waals surface area contributed by atoms with E-state index in [1.54, 1.807) is 30.6 Å². The summed E-state index contributed by atoms with van der Waals surface area (Å²) in [6.45, 7) is 1.50. The predicted octanol–water partition coefficient (Wildman–Crippen LogP) is 4.14. The molecule has 30 heavy (non-hydrogen) atoms. The Morgan fingerprint density at radius 1 is 0.833 bits per heavy atom. The van der Waals surface area contributed by atoms with E-state index in [2.05, 4.69) is 4.98 Å². The maximum atomic E-state index is 13.5. The van der Waals surface area contributed by atoms with Crippen LogP contribution in [0.5, 0.6) is 17.2 Å². The first-order valence-electron chi connectivity index (χ1n) is 9.36. The molecule has 154 valence electrons. The van der Waals surface area contributed by atoms with Crippen molar-refractivity contribution in [3.63, 3.8) is 0 Å². The Bertz CT molecular complexity index is 1050. The number of aromatic nitrogens is 1. The highest BCUT2D eigenvalue weighted by Crippen LogP contribution is 2.39. The molecule has 2 aromatic carbocycles. The van der Waals surface area contributed by atoms with Crippen LogP contribution in [0.25, 0.3) is 11.1 Å². The highest BCUT2D eigenvalue weighted by Gasteiger charge is 2.21. The van der Waals surface area contributed by atoms with Gasteiger partial charge in [-0.05, 0) is 53.9 Å². The van der Waals surface area contributed by atoms with Crippen molar-refractivity contribution in [2.24, 2.45) is 0 Å². The minimum atomic E-state index is -0.235. The zero-order valence-corrected chi connectivity index (χ0v) is 17.4. The molecule has 0 aliphatic carbocycles. The van der Waals surface area contributed by atoms with Crippen LogP contribution in [0.3, 0.4) is 0 Å². The summed E-state index contributed by atoms with van der Waals surface area (Å²) in [5.41, 5.74) is 3.29. The minimum absolute atomic E-state index is 0.0226. The van der Waals surface area contributed by atoms with Crippen LogP contribution in [0.4, 0.5) is 0 Å². The summed E-state index contributed by atoms with van der Waals surface area (Å²) in [5.74, 6) is 0.926. The molecular weight excluding hydrogens is 382 g/mol. The van der Waals surface area contributed by atoms with Gasteiger partial charge in [-0.1, -0.05) is 12.1 Å². The number of carbonyl (C=O) groups excluding carboxylic acids is 2. The second-order valence-electron chi connectivity index (χ2n) is 6.73. The molecular formula is C24H23NO5. The van der Waals surface area contributed by atoms with Gasteiger partial charge in [-0.15, -0.1) is 0 Å². The molecule has 1 aromatic heterocycles. The molecule has 0 amide bonds. The lowest BCUT2D eigenvalue weighted by molar-refractivity contribution is -0.116. The zero-order valence-electron chi connectivity index (χ0n) is 17.4. The third-order valence-corrected chi connectivity index (χ3v) is 4.73. The number of nitrogens with zero attached hydrogens (tertiary/aromatic N) is 1. The molecule has 0 bridgehead atoms. The van der Waals surface area contributed by atoms with E-state index < -0.39 is 0 Å². The maximum Gasteiger partial charge on any atom is 0.203 e. The lowest BCUT2D eigenvalue weighted by Gasteiger charge is -2.15. The van der Waals surface area contributed by atoms with Crippen molar-refractivity contribution in [2.75, 3.05) is 21.3 Å². The van der Waals surface area contributed by atoms with Crippen molar-refractivity contribution < 1.29 is 23.8 Å². The summed E-state index contributed by atoms with van der Waals surface area (Å²) in [7, 11) is 4.50. The molecule has 3 rings (SSSR count). The Morgan fingerprint density at radius 3 is 2.00 bits per heavy atom. The second kappa shape index (κ2) is 9.22. The fourth-order valence-corrected chi connectivity index (χ4v) is 3.30. The number of hydrogen-bond acceptors (Lipinski definition) is 6. The number of benzene rings is 2. The summed E-state index contributed by atoms with van der Waals surface area (Å²) in [6, 6.07) is 12.5. The van der Waals surface area contributed by atoms with Crippen LogP contribution in [0.1, 0.15) is 28.4 Å². The summed E-state index contributed by atoms with van der Waals surface area (Å²) < 4.78 is 16.1. The van der Waals surface area contributed by atoms with E-state index in [4.69, 9.17) is 14.2 Å². The zero-order chi connectivity index (χ0) is 21.7. The van der Waals surface area contributed by atoms with Gasteiger partial charge in [-0.2, -0.15) is 0 Å². The smallest absolute Gasteiger partial charge is 0.203 e. The molecule has 0 saturated carbocycles. The van der Waals surface area contributed by atoms with Crippen molar-refractivity contribution in [3.8, 4) is 28.4 Å². The fraction of sp³-hybridized carbons (Fsp3) is 0.208. The van der Waals surface area contributed by atoms with Crippen LogP contribution >= 0.6 is 0 Å². The van der Waals surface area contributed by atoms with Crippen molar-refractivity contribution in [1.82, 2.24) is 4.98 Å². The molecule has 0 aliphatic heterocycles. The molecule has 6 heteroatoms. The quantitative estimate of drug-likeness (QED) is 0.525. The van der Waals surface area contributed by atoms with Crippen molar-refractivity contribution in [2.45, 2.75) is 13.3 Å². The Balaban J connectivity index is 2.15. The lowest BCUT2D eigenvalue weighted by Crippen LogP contribution is -2.09. The first-order chi connectivity index (χ1) is 14.5. The number of carbonyl (C=O) groups is 2. The number of hydrogen-bond donors (Lipinski definition) is 0. The first kappa shape index (κ1) is 21.0. The molecule has 0 saturated heterocycles. The van der Waals surface area contributed by atoms with Gasteiger partial charge in [0.2, 0.25) is 5.75 Å². The van der Waals surface area contributed by atoms with Crippen LogP contribution in [0.15, 0.2) is 54.9 Å². The summed E-state index contributed by atoms with van der Waals surface area (Å²) >= 11 is 0. The molecule has 3 aromatic rings. The van der Waals surface area contributed by atoms with Gasteiger partial charge in [0.25, 0.3) is 0 Å². The number of rotatable bonds is 8. The van der Waals surface area contributed by atoms with Gasteiger partial charge in [-0.3, -0.25) is 14.6 Å². The molecule has 0 radical (unpaired) electrons. The molecule has 6 nitrogen and oxygen atoms in total. The molecule has 1 heterocycles. The van der Waals surface area contributed by atoms with Gasteiger partial charge in [-0.25, -0.2) is 0 Å². The minimum Gasteiger partial charge on any atom is -0.493 e. The molecule has 0 atom stereocenters. The van der Waals surface area contributed by atoms with Gasteiger partial charge >= 0.3 is 0 Å². The third-order valence-electron chi connectivity index (χ3n) is 4.73. The molecule has 0 spiro atoms. The van der Waals surface area contributed by atoms with Crippen molar-refractivity contribution >= 4 is 11.6 Å². The molecule has 0 unspecified atom stereocenters. The number of pyridine rings is 1. The Morgan fingerprint density at radius 2 is 1.47 bits per heavy atom. The normalized spacial score (nSPS) is 10.4. The number of methoxy groups -OCH3 is 3. The highest BCUT2D eigenvalue weighted by atomic mass is 16.5. The van der Waals surface area contributed by atoms with E-state index in [9.17, 15) is 9.59 Å². The summed E-state index contributed by atoms with van der Waals surface area (Å²) in [4.78, 5) is 29.3. The van der Waals surface area contributed by atoms with Crippen LogP contribution < -0.4 is 14.2 Å². The Hall–Kier alpha value is -3.67. The van der Waals surface area contributed by atoms with Crippen molar-refractivity contribution in [1.29, 1.82) is 0 Å². The monoisotopic (exact) mass is 405 g/mol. The summed E-state index contributed by atoms with van der Waals surface area (Å²) in [5, 5.41) is 0. The third kappa shape index (κ3) is 4.33. The Labute approximate surface area is 175 Å². The predicted molar refractivity (Wildman–Crippen MR) is 114 cm³/mol. The number of ether oxygens (including phenoxy) is 3. The van der Waals surface area contributed by atoms with E-state index >= 15 is 0 Å². The fourth-order valence-electron chi connectivity index (χ4n) is 3.30. The second-order valence-corrected chi connectivity index (χ2v) is 6.73.